The molecule has 4 rings (SSSR count). The lowest BCUT2D eigenvalue weighted by Gasteiger charge is -2.37. The van der Waals surface area contributed by atoms with Gasteiger partial charge in [0.15, 0.2) is 0 Å². The molecule has 0 saturated carbocycles. The van der Waals surface area contributed by atoms with E-state index in [0.717, 1.165) is 42.2 Å². The third kappa shape index (κ3) is 3.52. The van der Waals surface area contributed by atoms with Crippen molar-refractivity contribution in [2.75, 3.05) is 13.1 Å². The summed E-state index contributed by atoms with van der Waals surface area (Å²) in [7, 11) is 0. The van der Waals surface area contributed by atoms with E-state index in [4.69, 9.17) is 4.98 Å². The van der Waals surface area contributed by atoms with Gasteiger partial charge in [-0.3, -0.25) is 9.48 Å². The van der Waals surface area contributed by atoms with E-state index in [1.165, 1.54) is 0 Å². The van der Waals surface area contributed by atoms with E-state index in [1.807, 2.05) is 59.6 Å². The molecule has 3 heterocycles. The van der Waals surface area contributed by atoms with Crippen LogP contribution in [-0.2, 0) is 10.3 Å². The van der Waals surface area contributed by atoms with Gasteiger partial charge in [0.1, 0.15) is 10.5 Å². The van der Waals surface area contributed by atoms with E-state index in [9.17, 15) is 4.79 Å². The molecule has 6 nitrogen and oxygen atoms in total. The maximum atomic E-state index is 13.3. The minimum absolute atomic E-state index is 0.0108. The molecule has 1 aliphatic rings. The molecule has 1 fully saturated rings. The van der Waals surface area contributed by atoms with Gasteiger partial charge in [-0.15, -0.1) is 11.3 Å². The van der Waals surface area contributed by atoms with Crippen molar-refractivity contribution in [3.63, 3.8) is 0 Å². The molecule has 7 heteroatoms. The molecule has 3 aromatic rings. The Hall–Kier alpha value is -2.51. The average molecular weight is 382 g/mol. The standard InChI is InChI=1S/C20H23N5OS/c1-15(18-24-17(14-27-18)16-6-3-2-4-7-16)23-19(26)20(8-11-21-12-9-20)25-13-5-10-22-25/h2-7,10,13-15,21H,8-9,11-12H2,1H3,(H,23,26). The lowest BCUT2D eigenvalue weighted by molar-refractivity contribution is -0.132. The van der Waals surface area contributed by atoms with E-state index in [0.29, 0.717) is 0 Å². The molecular formula is C20H23N5OS. The maximum Gasteiger partial charge on any atom is 0.248 e. The molecule has 1 aromatic carbocycles. The maximum absolute atomic E-state index is 13.3. The Bertz CT molecular complexity index is 884. The number of carbonyl (C=O) groups is 1. The van der Waals surface area contributed by atoms with Gasteiger partial charge < -0.3 is 10.6 Å². The van der Waals surface area contributed by atoms with Crippen LogP contribution in [-0.4, -0.2) is 33.8 Å². The van der Waals surface area contributed by atoms with Crippen LogP contribution in [0.2, 0.25) is 0 Å². The van der Waals surface area contributed by atoms with E-state index in [1.54, 1.807) is 17.5 Å². The fourth-order valence-corrected chi connectivity index (χ4v) is 4.38. The van der Waals surface area contributed by atoms with Crippen molar-refractivity contribution in [3.8, 4) is 11.3 Å². The van der Waals surface area contributed by atoms with Gasteiger partial charge in [0.25, 0.3) is 0 Å². The number of nitrogens with zero attached hydrogens (tertiary/aromatic N) is 3. The first-order chi connectivity index (χ1) is 13.2. The van der Waals surface area contributed by atoms with Crippen LogP contribution in [0.15, 0.2) is 54.2 Å². The number of hydrogen-bond acceptors (Lipinski definition) is 5. The highest BCUT2D eigenvalue weighted by atomic mass is 32.1. The van der Waals surface area contributed by atoms with Gasteiger partial charge >= 0.3 is 0 Å². The third-order valence-electron chi connectivity index (χ3n) is 5.11. The lowest BCUT2D eigenvalue weighted by atomic mass is 9.87. The number of rotatable bonds is 5. The molecule has 1 unspecified atom stereocenters. The normalized spacial score (nSPS) is 17.4. The molecule has 2 aromatic heterocycles. The molecule has 1 aliphatic heterocycles. The summed E-state index contributed by atoms with van der Waals surface area (Å²) >= 11 is 1.58. The quantitative estimate of drug-likeness (QED) is 0.713. The SMILES string of the molecule is CC(NC(=O)C1(n2cccn2)CCNCC1)c1nc(-c2ccccc2)cs1. The van der Waals surface area contributed by atoms with Crippen LogP contribution in [0.1, 0.15) is 30.8 Å². The Kier molecular flexibility index (Phi) is 5.05. The predicted octanol–water partition coefficient (Wildman–Crippen LogP) is 2.96. The molecule has 0 spiro atoms. The third-order valence-corrected chi connectivity index (χ3v) is 6.13. The first kappa shape index (κ1) is 17.9. The van der Waals surface area contributed by atoms with Crippen molar-refractivity contribution in [1.29, 1.82) is 0 Å². The van der Waals surface area contributed by atoms with Gasteiger partial charge in [-0.25, -0.2) is 4.98 Å². The molecule has 0 aliphatic carbocycles. The second-order valence-corrected chi connectivity index (χ2v) is 7.75. The molecule has 0 radical (unpaired) electrons. The first-order valence-electron chi connectivity index (χ1n) is 9.22. The number of amides is 1. The van der Waals surface area contributed by atoms with Crippen LogP contribution >= 0.6 is 11.3 Å². The van der Waals surface area contributed by atoms with Gasteiger partial charge in [0.05, 0.1) is 11.7 Å². The summed E-state index contributed by atoms with van der Waals surface area (Å²) in [4.78, 5) is 18.0. The van der Waals surface area contributed by atoms with Crippen LogP contribution in [0.5, 0.6) is 0 Å². The second-order valence-electron chi connectivity index (χ2n) is 6.86. The fourth-order valence-electron chi connectivity index (χ4n) is 3.54. The van der Waals surface area contributed by atoms with Crippen LogP contribution < -0.4 is 10.6 Å². The average Bonchev–Trinajstić information content (AvgIpc) is 3.41. The van der Waals surface area contributed by atoms with Crippen LogP contribution in [0, 0.1) is 0 Å². The van der Waals surface area contributed by atoms with E-state index >= 15 is 0 Å². The van der Waals surface area contributed by atoms with Gasteiger partial charge in [-0.05, 0) is 38.9 Å². The van der Waals surface area contributed by atoms with E-state index in [2.05, 4.69) is 15.7 Å². The van der Waals surface area contributed by atoms with Crippen molar-refractivity contribution in [2.24, 2.45) is 0 Å². The van der Waals surface area contributed by atoms with Gasteiger partial charge in [-0.1, -0.05) is 30.3 Å². The Morgan fingerprint density at radius 2 is 2.04 bits per heavy atom. The number of piperidine rings is 1. The topological polar surface area (TPSA) is 71.8 Å². The molecule has 140 valence electrons. The fraction of sp³-hybridized carbons (Fsp3) is 0.350. The molecule has 1 amide bonds. The highest BCUT2D eigenvalue weighted by Gasteiger charge is 2.42. The Balaban J connectivity index is 1.52. The number of thiazole rings is 1. The number of aromatic nitrogens is 3. The summed E-state index contributed by atoms with van der Waals surface area (Å²) < 4.78 is 1.81. The molecule has 0 bridgehead atoms. The summed E-state index contributed by atoms with van der Waals surface area (Å²) in [5.74, 6) is 0.0108. The van der Waals surface area contributed by atoms with Crippen molar-refractivity contribution in [2.45, 2.75) is 31.3 Å². The van der Waals surface area contributed by atoms with Crippen molar-refractivity contribution in [1.82, 2.24) is 25.4 Å². The minimum atomic E-state index is -0.636. The Morgan fingerprint density at radius 3 is 2.74 bits per heavy atom. The highest BCUT2D eigenvalue weighted by Crippen LogP contribution is 2.30. The first-order valence-corrected chi connectivity index (χ1v) is 10.1. The summed E-state index contributed by atoms with van der Waals surface area (Å²) in [5, 5.41) is 13.8. The van der Waals surface area contributed by atoms with Crippen molar-refractivity contribution < 1.29 is 4.79 Å². The second kappa shape index (κ2) is 7.62. The number of benzene rings is 1. The minimum Gasteiger partial charge on any atom is -0.345 e. The Labute approximate surface area is 162 Å². The van der Waals surface area contributed by atoms with Crippen LogP contribution in [0.4, 0.5) is 0 Å². The van der Waals surface area contributed by atoms with Crippen molar-refractivity contribution in [3.05, 3.63) is 59.2 Å². The van der Waals surface area contributed by atoms with E-state index in [-0.39, 0.29) is 11.9 Å². The van der Waals surface area contributed by atoms with E-state index < -0.39 is 5.54 Å². The molecule has 2 N–H and O–H groups in total. The zero-order chi connectivity index (χ0) is 18.7. The number of hydrogen-bond donors (Lipinski definition) is 2. The highest BCUT2D eigenvalue weighted by molar-refractivity contribution is 7.10. The van der Waals surface area contributed by atoms with Crippen LogP contribution in [0.25, 0.3) is 11.3 Å². The molecule has 1 atom stereocenters. The summed E-state index contributed by atoms with van der Waals surface area (Å²) in [5.41, 5.74) is 1.40. The summed E-state index contributed by atoms with van der Waals surface area (Å²) in [6.45, 7) is 3.59. The molecule has 1 saturated heterocycles. The zero-order valence-corrected chi connectivity index (χ0v) is 16.1. The van der Waals surface area contributed by atoms with Crippen LogP contribution in [0.3, 0.4) is 0 Å². The lowest BCUT2D eigenvalue weighted by Crippen LogP contribution is -2.55. The van der Waals surface area contributed by atoms with Gasteiger partial charge in [0.2, 0.25) is 5.91 Å². The predicted molar refractivity (Wildman–Crippen MR) is 106 cm³/mol. The molecule has 27 heavy (non-hydrogen) atoms. The number of nitrogens with one attached hydrogen (secondary N) is 2. The Morgan fingerprint density at radius 1 is 1.26 bits per heavy atom. The van der Waals surface area contributed by atoms with Crippen molar-refractivity contribution >= 4 is 17.2 Å². The van der Waals surface area contributed by atoms with Gasteiger partial charge in [0, 0.05) is 23.3 Å². The zero-order valence-electron chi connectivity index (χ0n) is 15.3. The largest absolute Gasteiger partial charge is 0.345 e. The molecular weight excluding hydrogens is 358 g/mol. The van der Waals surface area contributed by atoms with Gasteiger partial charge in [-0.2, -0.15) is 5.10 Å². The smallest absolute Gasteiger partial charge is 0.248 e. The monoisotopic (exact) mass is 381 g/mol. The number of carbonyl (C=O) groups excluding carboxylic acids is 1. The summed E-state index contributed by atoms with van der Waals surface area (Å²) in [6.07, 6.45) is 5.06. The summed E-state index contributed by atoms with van der Waals surface area (Å²) in [6, 6.07) is 11.8.